The number of hydrogen-bond donors (Lipinski definition) is 3. The number of amidine groups is 1. The smallest absolute Gasteiger partial charge is 0.252 e. The van der Waals surface area contributed by atoms with E-state index in [4.69, 9.17) is 5.73 Å². The molecule has 0 fully saturated rings. The van der Waals surface area contributed by atoms with Crippen molar-refractivity contribution in [3.05, 3.63) is 82.2 Å². The molecule has 1 aromatic heterocycles. The third-order valence-corrected chi connectivity index (χ3v) is 6.15. The van der Waals surface area contributed by atoms with E-state index in [-0.39, 0.29) is 23.6 Å². The second-order valence-electron chi connectivity index (χ2n) is 8.87. The Balaban J connectivity index is 1.66. The number of amides is 1. The zero-order valence-corrected chi connectivity index (χ0v) is 21.1. The zero-order valence-electron chi connectivity index (χ0n) is 21.1. The number of guanidine groups is 1. The van der Waals surface area contributed by atoms with Crippen LogP contribution in [0.15, 0.2) is 58.6 Å². The number of ketones is 1. The van der Waals surface area contributed by atoms with Crippen molar-refractivity contribution < 1.29 is 9.59 Å². The van der Waals surface area contributed by atoms with Crippen molar-refractivity contribution in [2.24, 2.45) is 15.7 Å². The maximum atomic E-state index is 12.5. The number of anilines is 1. The van der Waals surface area contributed by atoms with Gasteiger partial charge in [0.1, 0.15) is 5.84 Å². The molecular formula is C28H30N6O2. The van der Waals surface area contributed by atoms with Gasteiger partial charge in [-0.25, -0.2) is 0 Å². The standard InChI is InChI=1S/C28H30N6O2/c1-6-30-28(33-25-13-22-17(4)32-27(36)24(22)11-15(25)2)34-26(29)19-9-10-21(23(12-19)18(5)35)20-8-7-16(3)31-14-20/h7-14,17H,6H2,1-5H3,(H,32,36)(H3,29,30,33,34). The highest BCUT2D eigenvalue weighted by Crippen LogP contribution is 2.30. The van der Waals surface area contributed by atoms with Gasteiger partial charge in [-0.3, -0.25) is 19.6 Å². The molecule has 0 bridgehead atoms. The molecule has 0 saturated carbocycles. The minimum Gasteiger partial charge on any atom is -0.383 e. The number of nitrogens with zero attached hydrogens (tertiary/aromatic N) is 3. The Hall–Kier alpha value is -4.33. The molecule has 4 rings (SSSR count). The minimum absolute atomic E-state index is 0.0667. The van der Waals surface area contributed by atoms with E-state index in [2.05, 4.69) is 25.6 Å². The highest BCUT2D eigenvalue weighted by Gasteiger charge is 2.26. The number of carbonyl (C=O) groups excluding carboxylic acids is 2. The van der Waals surface area contributed by atoms with Crippen LogP contribution in [0.25, 0.3) is 11.1 Å². The Morgan fingerprint density at radius 2 is 1.92 bits per heavy atom. The number of fused-ring (bicyclic) bond motifs is 1. The minimum atomic E-state index is -0.0770. The van der Waals surface area contributed by atoms with Crippen molar-refractivity contribution in [1.82, 2.24) is 10.3 Å². The summed E-state index contributed by atoms with van der Waals surface area (Å²) in [4.78, 5) is 38.0. The van der Waals surface area contributed by atoms with Crippen molar-refractivity contribution in [2.45, 2.75) is 40.7 Å². The van der Waals surface area contributed by atoms with Crippen LogP contribution in [0, 0.1) is 13.8 Å². The highest BCUT2D eigenvalue weighted by atomic mass is 16.2. The Kier molecular flexibility index (Phi) is 6.96. The highest BCUT2D eigenvalue weighted by molar-refractivity contribution is 6.11. The third-order valence-electron chi connectivity index (χ3n) is 6.15. The van der Waals surface area contributed by atoms with Crippen molar-refractivity contribution in [3.63, 3.8) is 0 Å². The lowest BCUT2D eigenvalue weighted by Crippen LogP contribution is -2.20. The molecule has 2 heterocycles. The number of nitrogens with two attached hydrogens (primary N) is 1. The number of Topliss-reactive ketones (excluding diaryl/α,β-unsaturated/α-hetero) is 1. The maximum Gasteiger partial charge on any atom is 0.252 e. The number of rotatable bonds is 5. The topological polar surface area (TPSA) is 122 Å². The lowest BCUT2D eigenvalue weighted by Gasteiger charge is -2.13. The molecule has 0 radical (unpaired) electrons. The lowest BCUT2D eigenvalue weighted by molar-refractivity contribution is 0.0957. The molecular weight excluding hydrogens is 452 g/mol. The molecule has 4 N–H and O–H groups in total. The van der Waals surface area contributed by atoms with Gasteiger partial charge in [-0.1, -0.05) is 18.2 Å². The molecule has 1 amide bonds. The van der Waals surface area contributed by atoms with Gasteiger partial charge in [-0.2, -0.15) is 4.99 Å². The predicted octanol–water partition coefficient (Wildman–Crippen LogP) is 4.57. The monoisotopic (exact) mass is 482 g/mol. The molecule has 36 heavy (non-hydrogen) atoms. The molecule has 8 nitrogen and oxygen atoms in total. The number of hydrogen-bond acceptors (Lipinski definition) is 4. The fourth-order valence-electron chi connectivity index (χ4n) is 4.19. The SMILES string of the molecule is CCN=C(/N=C(\N)c1ccc(-c2ccc(C)nc2)c(C(C)=O)c1)Nc1cc2c(cc1C)C(=O)NC2C. The Morgan fingerprint density at radius 3 is 2.58 bits per heavy atom. The first-order valence-electron chi connectivity index (χ1n) is 11.9. The van der Waals surface area contributed by atoms with E-state index in [1.54, 1.807) is 12.3 Å². The second-order valence-corrected chi connectivity index (χ2v) is 8.87. The summed E-state index contributed by atoms with van der Waals surface area (Å²) in [7, 11) is 0. The fraction of sp³-hybridized carbons (Fsp3) is 0.250. The number of pyridine rings is 1. The summed E-state index contributed by atoms with van der Waals surface area (Å²) in [5, 5.41) is 6.19. The molecule has 0 saturated heterocycles. The molecule has 1 atom stereocenters. The summed E-state index contributed by atoms with van der Waals surface area (Å²) in [6, 6.07) is 13.0. The van der Waals surface area contributed by atoms with E-state index in [1.165, 1.54) is 6.92 Å². The number of aromatic nitrogens is 1. The average Bonchev–Trinajstić information content (AvgIpc) is 3.11. The summed E-state index contributed by atoms with van der Waals surface area (Å²) in [5.41, 5.74) is 13.4. The third kappa shape index (κ3) is 5.02. The number of carbonyl (C=O) groups is 2. The molecule has 2 aromatic carbocycles. The van der Waals surface area contributed by atoms with Crippen LogP contribution in [0.5, 0.6) is 0 Å². The lowest BCUT2D eigenvalue weighted by atomic mass is 9.96. The van der Waals surface area contributed by atoms with E-state index >= 15 is 0 Å². The van der Waals surface area contributed by atoms with Gasteiger partial charge in [0.15, 0.2) is 5.78 Å². The average molecular weight is 483 g/mol. The summed E-state index contributed by atoms with van der Waals surface area (Å²) < 4.78 is 0. The summed E-state index contributed by atoms with van der Waals surface area (Å²) in [6.07, 6.45) is 1.76. The van der Waals surface area contributed by atoms with Gasteiger partial charge in [-0.15, -0.1) is 0 Å². The van der Waals surface area contributed by atoms with Gasteiger partial charge in [0, 0.05) is 46.4 Å². The van der Waals surface area contributed by atoms with Crippen LogP contribution in [-0.4, -0.2) is 35.0 Å². The first kappa shape index (κ1) is 24.8. The van der Waals surface area contributed by atoms with E-state index in [9.17, 15) is 9.59 Å². The summed E-state index contributed by atoms with van der Waals surface area (Å²) >= 11 is 0. The van der Waals surface area contributed by atoms with Gasteiger partial charge in [0.2, 0.25) is 5.96 Å². The Morgan fingerprint density at radius 1 is 1.14 bits per heavy atom. The maximum absolute atomic E-state index is 12.5. The molecule has 0 aliphatic carbocycles. The van der Waals surface area contributed by atoms with Gasteiger partial charge in [0.05, 0.1) is 6.04 Å². The van der Waals surface area contributed by atoms with Gasteiger partial charge in [-0.05, 0) is 75.6 Å². The number of aliphatic imine (C=N–C) groups is 2. The van der Waals surface area contributed by atoms with Gasteiger partial charge >= 0.3 is 0 Å². The van der Waals surface area contributed by atoms with Crippen molar-refractivity contribution in [2.75, 3.05) is 11.9 Å². The number of benzene rings is 2. The van der Waals surface area contributed by atoms with Crippen LogP contribution in [0.2, 0.25) is 0 Å². The molecule has 1 aliphatic rings. The van der Waals surface area contributed by atoms with Crippen LogP contribution in [0.4, 0.5) is 5.69 Å². The van der Waals surface area contributed by atoms with Gasteiger partial charge in [0.25, 0.3) is 5.91 Å². The molecule has 3 aromatic rings. The van der Waals surface area contributed by atoms with Crippen molar-refractivity contribution >= 4 is 29.2 Å². The van der Waals surface area contributed by atoms with Crippen LogP contribution >= 0.6 is 0 Å². The van der Waals surface area contributed by atoms with Crippen LogP contribution in [0.3, 0.4) is 0 Å². The predicted molar refractivity (Wildman–Crippen MR) is 144 cm³/mol. The van der Waals surface area contributed by atoms with E-state index < -0.39 is 0 Å². The first-order valence-corrected chi connectivity index (χ1v) is 11.9. The largest absolute Gasteiger partial charge is 0.383 e. The van der Waals surface area contributed by atoms with Crippen molar-refractivity contribution in [3.8, 4) is 11.1 Å². The molecule has 184 valence electrons. The Bertz CT molecular complexity index is 1410. The fourth-order valence-corrected chi connectivity index (χ4v) is 4.19. The zero-order chi connectivity index (χ0) is 26.0. The van der Waals surface area contributed by atoms with Crippen LogP contribution < -0.4 is 16.4 Å². The second kappa shape index (κ2) is 10.1. The molecule has 0 spiro atoms. The quantitative estimate of drug-likeness (QED) is 0.279. The number of aryl methyl sites for hydroxylation is 2. The molecule has 1 aliphatic heterocycles. The van der Waals surface area contributed by atoms with Crippen LogP contribution in [-0.2, 0) is 0 Å². The normalized spacial score (nSPS) is 15.5. The Labute approximate surface area is 210 Å². The van der Waals surface area contributed by atoms with Crippen LogP contribution in [0.1, 0.15) is 69.9 Å². The summed E-state index contributed by atoms with van der Waals surface area (Å²) in [6.45, 7) is 9.72. The summed E-state index contributed by atoms with van der Waals surface area (Å²) in [5.74, 6) is 0.434. The van der Waals surface area contributed by atoms with E-state index in [0.717, 1.165) is 33.6 Å². The molecule has 1 unspecified atom stereocenters. The van der Waals surface area contributed by atoms with E-state index in [1.807, 2.05) is 64.1 Å². The van der Waals surface area contributed by atoms with Gasteiger partial charge < -0.3 is 16.4 Å². The number of nitrogens with one attached hydrogen (secondary N) is 2. The van der Waals surface area contributed by atoms with Crippen molar-refractivity contribution in [1.29, 1.82) is 0 Å². The van der Waals surface area contributed by atoms with E-state index in [0.29, 0.717) is 29.2 Å². The molecule has 8 heteroatoms. The first-order chi connectivity index (χ1) is 17.2.